The molecule has 2 rings (SSSR count). The highest BCUT2D eigenvalue weighted by atomic mass is 79.9. The molecule has 0 saturated carbocycles. The minimum atomic E-state index is -0.230. The molecule has 4 nitrogen and oxygen atoms in total. The van der Waals surface area contributed by atoms with Gasteiger partial charge < -0.3 is 0 Å². The van der Waals surface area contributed by atoms with Crippen molar-refractivity contribution in [3.63, 3.8) is 0 Å². The lowest BCUT2D eigenvalue weighted by molar-refractivity contribution is -0.113. The lowest BCUT2D eigenvalue weighted by Crippen LogP contribution is -2.29. The first-order valence-corrected chi connectivity index (χ1v) is 3.86. The van der Waals surface area contributed by atoms with Crippen molar-refractivity contribution in [2.45, 2.75) is 6.04 Å². The van der Waals surface area contributed by atoms with Crippen LogP contribution in [-0.2, 0) is 4.79 Å². The summed E-state index contributed by atoms with van der Waals surface area (Å²) in [6, 6.07) is -0.0259. The summed E-state index contributed by atoms with van der Waals surface area (Å²) in [4.78, 5) is 14.5. The van der Waals surface area contributed by atoms with Crippen molar-refractivity contribution < 1.29 is 4.79 Å². The van der Waals surface area contributed by atoms with E-state index in [9.17, 15) is 4.79 Å². The van der Waals surface area contributed by atoms with Crippen LogP contribution in [0.25, 0.3) is 0 Å². The summed E-state index contributed by atoms with van der Waals surface area (Å²) < 4.78 is 0.611. The monoisotopic (exact) mass is 213 g/mol. The molecule has 11 heavy (non-hydrogen) atoms. The van der Waals surface area contributed by atoms with Gasteiger partial charge in [0.25, 0.3) is 5.91 Å². The van der Waals surface area contributed by atoms with Crippen LogP contribution in [0.3, 0.4) is 0 Å². The molecule has 0 saturated heterocycles. The maximum atomic E-state index is 10.8. The lowest BCUT2D eigenvalue weighted by Gasteiger charge is -2.07. The predicted molar refractivity (Wildman–Crippen MR) is 44.9 cm³/mol. The Kier molecular flexibility index (Phi) is 1.38. The first-order chi connectivity index (χ1) is 5.27. The van der Waals surface area contributed by atoms with Crippen LogP contribution in [0.2, 0.25) is 0 Å². The number of nitrogens with one attached hydrogen (secondary N) is 1. The van der Waals surface area contributed by atoms with Gasteiger partial charge in [0.2, 0.25) is 0 Å². The highest BCUT2D eigenvalue weighted by molar-refractivity contribution is 9.19. The van der Waals surface area contributed by atoms with E-state index < -0.39 is 0 Å². The Balaban J connectivity index is 2.39. The summed E-state index contributed by atoms with van der Waals surface area (Å²) in [6.45, 7) is 0. The smallest absolute Gasteiger partial charge is 0.269 e. The summed E-state index contributed by atoms with van der Waals surface area (Å²) in [5.74, 6) is -0.230. The maximum Gasteiger partial charge on any atom is 0.269 e. The normalized spacial score (nSPS) is 27.4. The zero-order valence-corrected chi connectivity index (χ0v) is 7.00. The van der Waals surface area contributed by atoms with Crippen molar-refractivity contribution in [3.05, 3.63) is 12.2 Å². The number of hydrogen-bond acceptors (Lipinski definition) is 3. The zero-order chi connectivity index (χ0) is 7.84. The van der Waals surface area contributed by atoms with Gasteiger partial charge in [-0.05, 0) is 22.0 Å². The standard InChI is InChI=1S/C6H4BrN3O/c7-6-5-3(9-10-6)1-2-4(11)8-5/h1-3,9H. The summed E-state index contributed by atoms with van der Waals surface area (Å²) in [7, 11) is 0. The number of carbonyl (C=O) groups excluding carboxylic acids is 1. The second-order valence-corrected chi connectivity index (χ2v) is 2.95. The highest BCUT2D eigenvalue weighted by Crippen LogP contribution is 2.11. The first kappa shape index (κ1) is 6.72. The molecule has 0 fully saturated rings. The number of hydrazone groups is 1. The summed E-state index contributed by atoms with van der Waals surface area (Å²) in [5.41, 5.74) is 3.46. The van der Waals surface area contributed by atoms with Crippen LogP contribution >= 0.6 is 15.9 Å². The summed E-state index contributed by atoms with van der Waals surface area (Å²) >= 11 is 3.18. The topological polar surface area (TPSA) is 53.8 Å². The fraction of sp³-hybridized carbons (Fsp3) is 0.167. The summed E-state index contributed by atoms with van der Waals surface area (Å²) in [6.07, 6.45) is 3.17. The Morgan fingerprint density at radius 3 is 3.27 bits per heavy atom. The molecule has 0 spiro atoms. The molecule has 0 bridgehead atoms. The fourth-order valence-corrected chi connectivity index (χ4v) is 1.39. The molecular weight excluding hydrogens is 210 g/mol. The van der Waals surface area contributed by atoms with Gasteiger partial charge in [-0.3, -0.25) is 10.2 Å². The van der Waals surface area contributed by atoms with Gasteiger partial charge in [-0.25, -0.2) is 4.99 Å². The first-order valence-electron chi connectivity index (χ1n) is 3.07. The van der Waals surface area contributed by atoms with Crippen molar-refractivity contribution in [1.29, 1.82) is 0 Å². The Hall–Kier alpha value is -0.970. The predicted octanol–water partition coefficient (Wildman–Crippen LogP) is 0.204. The van der Waals surface area contributed by atoms with Crippen molar-refractivity contribution in [2.75, 3.05) is 0 Å². The van der Waals surface area contributed by atoms with E-state index in [4.69, 9.17) is 0 Å². The number of aliphatic imine (C=N–C) groups is 1. The Morgan fingerprint density at radius 1 is 1.64 bits per heavy atom. The van der Waals surface area contributed by atoms with E-state index in [0.717, 1.165) is 0 Å². The molecule has 1 amide bonds. The van der Waals surface area contributed by atoms with E-state index in [1.54, 1.807) is 6.08 Å². The minimum Gasteiger partial charge on any atom is -0.296 e. The second kappa shape index (κ2) is 2.27. The molecule has 56 valence electrons. The maximum absolute atomic E-state index is 10.8. The number of rotatable bonds is 0. The van der Waals surface area contributed by atoms with Gasteiger partial charge in [0.15, 0.2) is 0 Å². The Morgan fingerprint density at radius 2 is 2.45 bits per heavy atom. The van der Waals surface area contributed by atoms with Crippen LogP contribution in [0.4, 0.5) is 0 Å². The Bertz CT molecular complexity index is 305. The molecule has 1 N–H and O–H groups in total. The molecule has 2 heterocycles. The lowest BCUT2D eigenvalue weighted by atomic mass is 10.1. The van der Waals surface area contributed by atoms with Crippen LogP contribution in [0, 0.1) is 0 Å². The van der Waals surface area contributed by atoms with Gasteiger partial charge in [0.05, 0.1) is 0 Å². The number of nitrogens with zero attached hydrogens (tertiary/aromatic N) is 2. The van der Waals surface area contributed by atoms with Crippen molar-refractivity contribution in [1.82, 2.24) is 5.43 Å². The van der Waals surface area contributed by atoms with Gasteiger partial charge in [-0.2, -0.15) is 5.10 Å². The average Bonchev–Trinajstić information content (AvgIpc) is 2.33. The average molecular weight is 214 g/mol. The molecule has 1 atom stereocenters. The van der Waals surface area contributed by atoms with Crippen LogP contribution in [0.1, 0.15) is 0 Å². The van der Waals surface area contributed by atoms with Crippen LogP contribution in [0.5, 0.6) is 0 Å². The minimum absolute atomic E-state index is 0.0259. The number of amides is 1. The number of fused-ring (bicyclic) bond motifs is 1. The van der Waals surface area contributed by atoms with E-state index in [1.165, 1.54) is 6.08 Å². The molecule has 0 aromatic heterocycles. The molecule has 0 aromatic rings. The third kappa shape index (κ3) is 1.01. The zero-order valence-electron chi connectivity index (χ0n) is 5.41. The van der Waals surface area contributed by atoms with Crippen LogP contribution < -0.4 is 5.43 Å². The van der Waals surface area contributed by atoms with Gasteiger partial charge in [-0.1, -0.05) is 0 Å². The molecule has 0 aliphatic carbocycles. The molecule has 2 aliphatic heterocycles. The van der Waals surface area contributed by atoms with Gasteiger partial charge >= 0.3 is 0 Å². The Labute approximate surface area is 71.2 Å². The van der Waals surface area contributed by atoms with Crippen molar-refractivity contribution in [3.8, 4) is 0 Å². The quantitative estimate of drug-likeness (QED) is 0.626. The second-order valence-electron chi connectivity index (χ2n) is 2.20. The van der Waals surface area contributed by atoms with Crippen molar-refractivity contribution >= 4 is 32.2 Å². The molecule has 1 unspecified atom stereocenters. The third-order valence-electron chi connectivity index (χ3n) is 1.47. The number of dihydropyridines is 1. The summed E-state index contributed by atoms with van der Waals surface area (Å²) in [5, 5.41) is 3.86. The number of hydrogen-bond donors (Lipinski definition) is 1. The highest BCUT2D eigenvalue weighted by Gasteiger charge is 2.26. The van der Waals surface area contributed by atoms with E-state index >= 15 is 0 Å². The SMILES string of the molecule is O=C1C=CC2NN=C(Br)C2=N1. The van der Waals surface area contributed by atoms with Crippen LogP contribution in [-0.4, -0.2) is 22.3 Å². The van der Waals surface area contributed by atoms with E-state index in [-0.39, 0.29) is 11.9 Å². The molecule has 2 aliphatic rings. The van der Waals surface area contributed by atoms with Gasteiger partial charge in [-0.15, -0.1) is 0 Å². The third-order valence-corrected chi connectivity index (χ3v) is 2.05. The molecule has 0 radical (unpaired) electrons. The van der Waals surface area contributed by atoms with Gasteiger partial charge in [0.1, 0.15) is 16.4 Å². The van der Waals surface area contributed by atoms with Crippen molar-refractivity contribution in [2.24, 2.45) is 10.1 Å². The largest absolute Gasteiger partial charge is 0.296 e. The molecular formula is C6H4BrN3O. The molecule has 0 aromatic carbocycles. The van der Waals surface area contributed by atoms with E-state index in [0.29, 0.717) is 10.3 Å². The number of carbonyl (C=O) groups is 1. The fourth-order valence-electron chi connectivity index (χ4n) is 0.957. The van der Waals surface area contributed by atoms with Gasteiger partial charge in [0, 0.05) is 6.08 Å². The van der Waals surface area contributed by atoms with Crippen LogP contribution in [0.15, 0.2) is 22.2 Å². The number of halogens is 1. The van der Waals surface area contributed by atoms with E-state index in [1.807, 2.05) is 0 Å². The van der Waals surface area contributed by atoms with E-state index in [2.05, 4.69) is 31.4 Å². The molecule has 5 heteroatoms.